The van der Waals surface area contributed by atoms with Crippen molar-refractivity contribution in [2.45, 2.75) is 91.9 Å². The van der Waals surface area contributed by atoms with Crippen LogP contribution < -0.4 is 0 Å². The molecule has 2 nitrogen and oxygen atoms in total. The lowest BCUT2D eigenvalue weighted by Gasteiger charge is -2.22. The van der Waals surface area contributed by atoms with Crippen LogP contribution in [0.15, 0.2) is 0 Å². The summed E-state index contributed by atoms with van der Waals surface area (Å²) in [6, 6.07) is 0. The average molecular weight is 377 g/mol. The largest absolute Gasteiger partial charge is 0.466 e. The van der Waals surface area contributed by atoms with E-state index in [1.807, 2.05) is 0 Å². The van der Waals surface area contributed by atoms with Crippen LogP contribution in [0, 0.1) is 11.3 Å². The van der Waals surface area contributed by atoms with Gasteiger partial charge in [-0.3, -0.25) is 4.79 Å². The molecule has 0 aromatic heterocycles. The fraction of sp³-hybridized carbons (Fsp3) is 0.947. The molecule has 0 spiro atoms. The number of carbonyl (C=O) groups is 1. The summed E-state index contributed by atoms with van der Waals surface area (Å²) < 4.78 is 5.34. The van der Waals surface area contributed by atoms with Crippen molar-refractivity contribution in [2.24, 2.45) is 11.3 Å². The summed E-state index contributed by atoms with van der Waals surface area (Å²) in [5, 5.41) is 1.12. The van der Waals surface area contributed by atoms with Gasteiger partial charge in [0.1, 0.15) is 0 Å². The number of carbonyl (C=O) groups excluding carboxylic acids is 1. The predicted octanol–water partition coefficient (Wildman–Crippen LogP) is 6.51. The van der Waals surface area contributed by atoms with Crippen molar-refractivity contribution < 1.29 is 9.53 Å². The molecular formula is C19H37BrO2. The molecule has 0 amide bonds. The first kappa shape index (κ1) is 21.9. The number of hydrogen-bond acceptors (Lipinski definition) is 2. The Kier molecular flexibility index (Phi) is 13.4. The van der Waals surface area contributed by atoms with Gasteiger partial charge in [-0.2, -0.15) is 0 Å². The first-order valence-corrected chi connectivity index (χ1v) is 10.2. The third-order valence-corrected chi connectivity index (χ3v) is 4.41. The molecular weight excluding hydrogens is 340 g/mol. The van der Waals surface area contributed by atoms with Crippen molar-refractivity contribution in [3.63, 3.8) is 0 Å². The lowest BCUT2D eigenvalue weighted by molar-refractivity contribution is -0.144. The van der Waals surface area contributed by atoms with Crippen LogP contribution >= 0.6 is 15.9 Å². The van der Waals surface area contributed by atoms with Crippen LogP contribution in [0.2, 0.25) is 0 Å². The van der Waals surface area contributed by atoms with Crippen molar-refractivity contribution in [2.75, 3.05) is 11.9 Å². The standard InChI is InChI=1S/C19H37BrO2/c1-17(16-19(2,3)4)13-15-22-18(21)12-10-8-6-5-7-9-11-14-20/h17H,5-16H2,1-4H3. The fourth-order valence-electron chi connectivity index (χ4n) is 2.84. The van der Waals surface area contributed by atoms with Crippen LogP contribution in [-0.4, -0.2) is 17.9 Å². The lowest BCUT2D eigenvalue weighted by Crippen LogP contribution is -2.14. The van der Waals surface area contributed by atoms with Gasteiger partial charge >= 0.3 is 5.97 Å². The molecule has 0 N–H and O–H groups in total. The highest BCUT2D eigenvalue weighted by atomic mass is 79.9. The summed E-state index contributed by atoms with van der Waals surface area (Å²) >= 11 is 3.45. The zero-order valence-electron chi connectivity index (χ0n) is 15.3. The summed E-state index contributed by atoms with van der Waals surface area (Å²) in [6.07, 6.45) is 11.4. The monoisotopic (exact) mass is 376 g/mol. The molecule has 0 aliphatic heterocycles. The molecule has 0 rings (SSSR count). The van der Waals surface area contributed by atoms with Crippen molar-refractivity contribution in [3.05, 3.63) is 0 Å². The van der Waals surface area contributed by atoms with Gasteiger partial charge in [0.25, 0.3) is 0 Å². The van der Waals surface area contributed by atoms with E-state index in [0.29, 0.717) is 24.4 Å². The maximum absolute atomic E-state index is 11.7. The molecule has 3 heteroatoms. The number of alkyl halides is 1. The second-order valence-corrected chi connectivity index (χ2v) is 8.59. The van der Waals surface area contributed by atoms with Gasteiger partial charge in [-0.15, -0.1) is 0 Å². The number of unbranched alkanes of at least 4 members (excludes halogenated alkanes) is 6. The fourth-order valence-corrected chi connectivity index (χ4v) is 3.24. The van der Waals surface area contributed by atoms with E-state index in [9.17, 15) is 4.79 Å². The van der Waals surface area contributed by atoms with Gasteiger partial charge in [0.2, 0.25) is 0 Å². The van der Waals surface area contributed by atoms with Crippen LogP contribution in [0.1, 0.15) is 91.9 Å². The van der Waals surface area contributed by atoms with Gasteiger partial charge in [-0.1, -0.05) is 75.7 Å². The van der Waals surface area contributed by atoms with Gasteiger partial charge in [-0.05, 0) is 37.0 Å². The number of ether oxygens (including phenoxy) is 1. The van der Waals surface area contributed by atoms with Crippen molar-refractivity contribution in [3.8, 4) is 0 Å². The van der Waals surface area contributed by atoms with Gasteiger partial charge in [0.05, 0.1) is 6.61 Å². The molecule has 1 unspecified atom stereocenters. The van der Waals surface area contributed by atoms with Crippen molar-refractivity contribution in [1.29, 1.82) is 0 Å². The Balaban J connectivity index is 3.40. The van der Waals surface area contributed by atoms with Crippen molar-refractivity contribution in [1.82, 2.24) is 0 Å². The van der Waals surface area contributed by atoms with E-state index in [4.69, 9.17) is 4.74 Å². The Hall–Kier alpha value is -0.0500. The molecule has 132 valence electrons. The Morgan fingerprint density at radius 3 is 2.09 bits per heavy atom. The van der Waals surface area contributed by atoms with Crippen LogP contribution in [-0.2, 0) is 9.53 Å². The summed E-state index contributed by atoms with van der Waals surface area (Å²) in [5.41, 5.74) is 0.359. The van der Waals surface area contributed by atoms with E-state index in [2.05, 4.69) is 43.6 Å². The van der Waals surface area contributed by atoms with E-state index < -0.39 is 0 Å². The molecule has 0 aromatic rings. The Morgan fingerprint density at radius 2 is 1.55 bits per heavy atom. The van der Waals surface area contributed by atoms with Crippen LogP contribution in [0.25, 0.3) is 0 Å². The molecule has 0 saturated carbocycles. The maximum atomic E-state index is 11.7. The number of hydrogen-bond donors (Lipinski definition) is 0. The second kappa shape index (κ2) is 13.4. The number of esters is 1. The molecule has 0 fully saturated rings. The quantitative estimate of drug-likeness (QED) is 0.208. The Morgan fingerprint density at radius 1 is 1.00 bits per heavy atom. The van der Waals surface area contributed by atoms with Crippen molar-refractivity contribution >= 4 is 21.9 Å². The molecule has 0 radical (unpaired) electrons. The Bertz CT molecular complexity index is 271. The van der Waals surface area contributed by atoms with Crippen LogP contribution in [0.5, 0.6) is 0 Å². The minimum absolute atomic E-state index is 0.0118. The van der Waals surface area contributed by atoms with Gasteiger partial charge in [0.15, 0.2) is 0 Å². The second-order valence-electron chi connectivity index (χ2n) is 7.79. The highest BCUT2D eigenvalue weighted by molar-refractivity contribution is 9.09. The highest BCUT2D eigenvalue weighted by Gasteiger charge is 2.15. The van der Waals surface area contributed by atoms with E-state index in [0.717, 1.165) is 24.6 Å². The molecule has 0 heterocycles. The van der Waals surface area contributed by atoms with E-state index in [1.165, 1.54) is 38.5 Å². The average Bonchev–Trinajstić information content (AvgIpc) is 2.39. The first-order chi connectivity index (χ1) is 10.3. The number of halogens is 1. The van der Waals surface area contributed by atoms with E-state index in [1.54, 1.807) is 0 Å². The smallest absolute Gasteiger partial charge is 0.305 e. The van der Waals surface area contributed by atoms with Gasteiger partial charge in [0, 0.05) is 11.8 Å². The maximum Gasteiger partial charge on any atom is 0.305 e. The SMILES string of the molecule is CC(CCOC(=O)CCCCCCCCCBr)CC(C)(C)C. The van der Waals surface area contributed by atoms with E-state index in [-0.39, 0.29) is 5.97 Å². The topological polar surface area (TPSA) is 26.3 Å². The van der Waals surface area contributed by atoms with Crippen LogP contribution in [0.4, 0.5) is 0 Å². The molecule has 0 aliphatic carbocycles. The van der Waals surface area contributed by atoms with Gasteiger partial charge < -0.3 is 4.74 Å². The summed E-state index contributed by atoms with van der Waals surface area (Å²) in [5.74, 6) is 0.606. The minimum Gasteiger partial charge on any atom is -0.466 e. The molecule has 22 heavy (non-hydrogen) atoms. The highest BCUT2D eigenvalue weighted by Crippen LogP contribution is 2.25. The summed E-state index contributed by atoms with van der Waals surface area (Å²) in [6.45, 7) is 9.61. The molecule has 1 atom stereocenters. The van der Waals surface area contributed by atoms with E-state index >= 15 is 0 Å². The zero-order chi connectivity index (χ0) is 16.8. The predicted molar refractivity (Wildman–Crippen MR) is 99.5 cm³/mol. The lowest BCUT2D eigenvalue weighted by atomic mass is 9.84. The van der Waals surface area contributed by atoms with Crippen LogP contribution in [0.3, 0.4) is 0 Å². The zero-order valence-corrected chi connectivity index (χ0v) is 16.8. The third kappa shape index (κ3) is 16.3. The first-order valence-electron chi connectivity index (χ1n) is 9.07. The third-order valence-electron chi connectivity index (χ3n) is 3.85. The summed E-state index contributed by atoms with van der Waals surface area (Å²) in [4.78, 5) is 11.7. The molecule has 0 saturated heterocycles. The normalized spacial score (nSPS) is 13.1. The molecule has 0 aromatic carbocycles. The summed E-state index contributed by atoms with van der Waals surface area (Å²) in [7, 11) is 0. The van der Waals surface area contributed by atoms with Gasteiger partial charge in [-0.25, -0.2) is 0 Å². The Labute approximate surface area is 146 Å². The molecule has 0 aliphatic rings. The minimum atomic E-state index is -0.0118. The molecule has 0 bridgehead atoms. The number of rotatable bonds is 13.